The van der Waals surface area contributed by atoms with Crippen molar-refractivity contribution in [2.45, 2.75) is 19.9 Å². The van der Waals surface area contributed by atoms with Crippen molar-refractivity contribution in [2.75, 3.05) is 0 Å². The molecule has 2 aromatic rings. The summed E-state index contributed by atoms with van der Waals surface area (Å²) in [7, 11) is 0. The van der Waals surface area contributed by atoms with Gasteiger partial charge >= 0.3 is 0 Å². The SMILES string of the molecule is Cc1cc(C)c(C(N)c2ccc(I)cc2)s1. The fourth-order valence-corrected chi connectivity index (χ4v) is 3.21. The molecule has 0 fully saturated rings. The Hall–Kier alpha value is -0.390. The Balaban J connectivity index is 2.35. The maximum absolute atomic E-state index is 6.29. The minimum atomic E-state index is 0.00991. The van der Waals surface area contributed by atoms with E-state index < -0.39 is 0 Å². The molecule has 0 saturated carbocycles. The molecule has 0 bridgehead atoms. The van der Waals surface area contributed by atoms with Crippen molar-refractivity contribution in [3.63, 3.8) is 0 Å². The molecule has 1 aromatic carbocycles. The molecule has 0 radical (unpaired) electrons. The molecule has 84 valence electrons. The first-order valence-corrected chi connectivity index (χ1v) is 7.05. The first-order valence-electron chi connectivity index (χ1n) is 5.16. The third kappa shape index (κ3) is 2.47. The quantitative estimate of drug-likeness (QED) is 0.819. The Bertz CT molecular complexity index is 487. The summed E-state index contributed by atoms with van der Waals surface area (Å²) in [6.07, 6.45) is 0. The molecule has 16 heavy (non-hydrogen) atoms. The average molecular weight is 343 g/mol. The predicted molar refractivity (Wildman–Crippen MR) is 79.0 cm³/mol. The molecule has 0 aliphatic heterocycles. The molecular weight excluding hydrogens is 329 g/mol. The molecule has 0 aliphatic carbocycles. The minimum Gasteiger partial charge on any atom is -0.320 e. The van der Waals surface area contributed by atoms with Crippen LogP contribution < -0.4 is 5.73 Å². The molecule has 1 aromatic heterocycles. The third-order valence-electron chi connectivity index (χ3n) is 2.59. The van der Waals surface area contributed by atoms with Crippen molar-refractivity contribution in [3.8, 4) is 0 Å². The number of rotatable bonds is 2. The normalized spacial score (nSPS) is 12.8. The summed E-state index contributed by atoms with van der Waals surface area (Å²) >= 11 is 4.10. The number of nitrogens with two attached hydrogens (primary N) is 1. The molecule has 1 atom stereocenters. The van der Waals surface area contributed by atoms with E-state index in [4.69, 9.17) is 5.73 Å². The lowest BCUT2D eigenvalue weighted by molar-refractivity contribution is 0.885. The lowest BCUT2D eigenvalue weighted by Crippen LogP contribution is -2.11. The molecule has 0 spiro atoms. The van der Waals surface area contributed by atoms with E-state index in [0.29, 0.717) is 0 Å². The van der Waals surface area contributed by atoms with Gasteiger partial charge in [-0.2, -0.15) is 0 Å². The molecule has 0 saturated heterocycles. The second-order valence-corrected chi connectivity index (χ2v) is 6.47. The summed E-state index contributed by atoms with van der Waals surface area (Å²) in [4.78, 5) is 2.60. The Labute approximate surface area is 114 Å². The van der Waals surface area contributed by atoms with Gasteiger partial charge in [-0.15, -0.1) is 11.3 Å². The smallest absolute Gasteiger partial charge is 0.0648 e. The van der Waals surface area contributed by atoms with Gasteiger partial charge in [0, 0.05) is 13.3 Å². The van der Waals surface area contributed by atoms with Crippen molar-refractivity contribution in [3.05, 3.63) is 54.8 Å². The highest BCUT2D eigenvalue weighted by Crippen LogP contribution is 2.30. The van der Waals surface area contributed by atoms with Crippen LogP contribution in [-0.4, -0.2) is 0 Å². The van der Waals surface area contributed by atoms with Crippen LogP contribution in [0.3, 0.4) is 0 Å². The van der Waals surface area contributed by atoms with Crippen LogP contribution >= 0.6 is 33.9 Å². The van der Waals surface area contributed by atoms with Gasteiger partial charge in [0.25, 0.3) is 0 Å². The zero-order chi connectivity index (χ0) is 11.7. The fraction of sp³-hybridized carbons (Fsp3) is 0.231. The van der Waals surface area contributed by atoms with Crippen molar-refractivity contribution in [1.29, 1.82) is 0 Å². The number of hydrogen-bond donors (Lipinski definition) is 1. The van der Waals surface area contributed by atoms with Crippen LogP contribution in [0.4, 0.5) is 0 Å². The van der Waals surface area contributed by atoms with E-state index in [-0.39, 0.29) is 6.04 Å². The zero-order valence-corrected chi connectivity index (χ0v) is 12.3. The summed E-state index contributed by atoms with van der Waals surface area (Å²) in [5.74, 6) is 0. The highest BCUT2D eigenvalue weighted by Gasteiger charge is 2.13. The van der Waals surface area contributed by atoms with Gasteiger partial charge in [-0.25, -0.2) is 0 Å². The predicted octanol–water partition coefficient (Wildman–Crippen LogP) is 4.02. The van der Waals surface area contributed by atoms with Gasteiger partial charge in [0.15, 0.2) is 0 Å². The number of aryl methyl sites for hydroxylation is 2. The van der Waals surface area contributed by atoms with Crippen molar-refractivity contribution in [2.24, 2.45) is 5.73 Å². The standard InChI is InChI=1S/C13H14INS/c1-8-7-9(2)16-13(8)12(15)10-3-5-11(14)6-4-10/h3-7,12H,15H2,1-2H3. The lowest BCUT2D eigenvalue weighted by Gasteiger charge is -2.11. The summed E-state index contributed by atoms with van der Waals surface area (Å²) < 4.78 is 1.24. The maximum Gasteiger partial charge on any atom is 0.0648 e. The van der Waals surface area contributed by atoms with Crippen molar-refractivity contribution in [1.82, 2.24) is 0 Å². The van der Waals surface area contributed by atoms with Gasteiger partial charge in [-0.05, 0) is 65.8 Å². The second kappa shape index (κ2) is 4.85. The van der Waals surface area contributed by atoms with Crippen LogP contribution in [0.25, 0.3) is 0 Å². The van der Waals surface area contributed by atoms with Crippen LogP contribution in [0.15, 0.2) is 30.3 Å². The summed E-state index contributed by atoms with van der Waals surface area (Å²) in [6.45, 7) is 4.26. The Morgan fingerprint density at radius 3 is 2.31 bits per heavy atom. The van der Waals surface area contributed by atoms with Crippen LogP contribution in [-0.2, 0) is 0 Å². The number of benzene rings is 1. The highest BCUT2D eigenvalue weighted by atomic mass is 127. The third-order valence-corrected chi connectivity index (χ3v) is 4.55. The van der Waals surface area contributed by atoms with E-state index >= 15 is 0 Å². The summed E-state index contributed by atoms with van der Waals surface area (Å²) in [5.41, 5.74) is 8.77. The molecule has 1 heterocycles. The molecule has 3 heteroatoms. The van der Waals surface area contributed by atoms with Crippen LogP contribution in [0.2, 0.25) is 0 Å². The van der Waals surface area contributed by atoms with Crippen molar-refractivity contribution < 1.29 is 0 Å². The maximum atomic E-state index is 6.29. The largest absolute Gasteiger partial charge is 0.320 e. The van der Waals surface area contributed by atoms with Gasteiger partial charge in [0.05, 0.1) is 6.04 Å². The lowest BCUT2D eigenvalue weighted by atomic mass is 10.0. The molecule has 1 nitrogen and oxygen atoms in total. The van der Waals surface area contributed by atoms with E-state index in [0.717, 1.165) is 0 Å². The first-order chi connectivity index (χ1) is 7.58. The van der Waals surface area contributed by atoms with Gasteiger partial charge < -0.3 is 5.73 Å². The Morgan fingerprint density at radius 1 is 1.19 bits per heavy atom. The number of hydrogen-bond acceptors (Lipinski definition) is 2. The van der Waals surface area contributed by atoms with E-state index in [1.54, 1.807) is 11.3 Å². The summed E-state index contributed by atoms with van der Waals surface area (Å²) in [6, 6.07) is 10.6. The van der Waals surface area contributed by atoms with Crippen LogP contribution in [0.1, 0.15) is 26.9 Å². The minimum absolute atomic E-state index is 0.00991. The van der Waals surface area contributed by atoms with E-state index in [9.17, 15) is 0 Å². The van der Waals surface area contributed by atoms with Gasteiger partial charge in [-0.1, -0.05) is 12.1 Å². The Kier molecular flexibility index (Phi) is 3.66. The zero-order valence-electron chi connectivity index (χ0n) is 9.33. The molecule has 1 unspecified atom stereocenters. The van der Waals surface area contributed by atoms with Crippen LogP contribution in [0, 0.1) is 17.4 Å². The summed E-state index contributed by atoms with van der Waals surface area (Å²) in [5, 5.41) is 0. The molecule has 0 aliphatic rings. The fourth-order valence-electron chi connectivity index (χ4n) is 1.79. The van der Waals surface area contributed by atoms with E-state index in [2.05, 4.69) is 66.8 Å². The molecule has 2 N–H and O–H groups in total. The van der Waals surface area contributed by atoms with Gasteiger partial charge in [0.2, 0.25) is 0 Å². The van der Waals surface area contributed by atoms with Crippen LogP contribution in [0.5, 0.6) is 0 Å². The van der Waals surface area contributed by atoms with E-state index in [1.165, 1.54) is 24.5 Å². The van der Waals surface area contributed by atoms with Crippen molar-refractivity contribution >= 4 is 33.9 Å². The molecule has 2 rings (SSSR count). The molecule has 0 amide bonds. The van der Waals surface area contributed by atoms with Gasteiger partial charge in [-0.3, -0.25) is 0 Å². The number of thiophene rings is 1. The highest BCUT2D eigenvalue weighted by molar-refractivity contribution is 14.1. The Morgan fingerprint density at radius 2 is 1.81 bits per heavy atom. The first kappa shape index (κ1) is 12.1. The topological polar surface area (TPSA) is 26.0 Å². The van der Waals surface area contributed by atoms with Gasteiger partial charge in [0.1, 0.15) is 0 Å². The molecular formula is C13H14INS. The number of halogens is 1. The monoisotopic (exact) mass is 343 g/mol. The van der Waals surface area contributed by atoms with E-state index in [1.807, 2.05) is 0 Å². The second-order valence-electron chi connectivity index (χ2n) is 3.93. The average Bonchev–Trinajstić information content (AvgIpc) is 2.58.